The van der Waals surface area contributed by atoms with Crippen LogP contribution in [-0.2, 0) is 4.79 Å². The third-order valence-corrected chi connectivity index (χ3v) is 2.63. The van der Waals surface area contributed by atoms with Gasteiger partial charge in [0.1, 0.15) is 5.82 Å². The number of amides is 1. The summed E-state index contributed by atoms with van der Waals surface area (Å²) in [6.45, 7) is -0.566. The second-order valence-corrected chi connectivity index (χ2v) is 4.19. The van der Waals surface area contributed by atoms with Crippen LogP contribution in [0.3, 0.4) is 0 Å². The van der Waals surface area contributed by atoms with Gasteiger partial charge in [0.25, 0.3) is 11.6 Å². The molecule has 0 aromatic heterocycles. The molecule has 22 heavy (non-hydrogen) atoms. The Hall–Kier alpha value is -3.03. The number of non-ortho nitro benzene ring substituents is 1. The lowest BCUT2D eigenvalue weighted by molar-refractivity contribution is -0.384. The summed E-state index contributed by atoms with van der Waals surface area (Å²) in [5.41, 5.74) is -0.719. The topological polar surface area (TPSA) is 81.5 Å². The maximum atomic E-state index is 13.5. The SMILES string of the molecule is O=C(COc1ccccc1F)Nc1cc([N+](=O)[O-])ccc1F. The number of halogens is 2. The molecule has 0 bridgehead atoms. The molecule has 2 rings (SSSR count). The maximum absolute atomic E-state index is 13.5. The van der Waals surface area contributed by atoms with Crippen molar-refractivity contribution in [3.05, 3.63) is 64.2 Å². The first-order chi connectivity index (χ1) is 10.5. The number of hydrogen-bond acceptors (Lipinski definition) is 4. The summed E-state index contributed by atoms with van der Waals surface area (Å²) in [6, 6.07) is 8.20. The van der Waals surface area contributed by atoms with Crippen LogP contribution in [0.15, 0.2) is 42.5 Å². The van der Waals surface area contributed by atoms with E-state index in [2.05, 4.69) is 5.32 Å². The number of carbonyl (C=O) groups excluding carboxylic acids is 1. The van der Waals surface area contributed by atoms with E-state index >= 15 is 0 Å². The highest BCUT2D eigenvalue weighted by molar-refractivity contribution is 5.92. The Bertz CT molecular complexity index is 722. The van der Waals surface area contributed by atoms with Crippen molar-refractivity contribution in [2.24, 2.45) is 0 Å². The Morgan fingerprint density at radius 2 is 1.91 bits per heavy atom. The van der Waals surface area contributed by atoms with Crippen molar-refractivity contribution in [3.63, 3.8) is 0 Å². The van der Waals surface area contributed by atoms with Crippen LogP contribution in [0.5, 0.6) is 5.75 Å². The Kier molecular flexibility index (Phi) is 4.62. The van der Waals surface area contributed by atoms with Gasteiger partial charge in [0.2, 0.25) is 0 Å². The summed E-state index contributed by atoms with van der Waals surface area (Å²) in [4.78, 5) is 21.5. The largest absolute Gasteiger partial charge is 0.481 e. The minimum atomic E-state index is -0.829. The normalized spacial score (nSPS) is 10.1. The molecule has 0 atom stereocenters. The quantitative estimate of drug-likeness (QED) is 0.680. The molecule has 2 aromatic rings. The van der Waals surface area contributed by atoms with Gasteiger partial charge in [0.15, 0.2) is 18.2 Å². The zero-order valence-corrected chi connectivity index (χ0v) is 11.1. The third-order valence-electron chi connectivity index (χ3n) is 2.63. The van der Waals surface area contributed by atoms with Gasteiger partial charge in [-0.1, -0.05) is 12.1 Å². The highest BCUT2D eigenvalue weighted by Crippen LogP contribution is 2.21. The number of para-hydroxylation sites is 1. The summed E-state index contributed by atoms with van der Waals surface area (Å²) in [5, 5.41) is 12.7. The minimum absolute atomic E-state index is 0.128. The van der Waals surface area contributed by atoms with E-state index in [1.807, 2.05) is 0 Å². The Labute approximate surface area is 123 Å². The van der Waals surface area contributed by atoms with E-state index in [0.29, 0.717) is 0 Å². The van der Waals surface area contributed by atoms with Gasteiger partial charge in [0, 0.05) is 12.1 Å². The van der Waals surface area contributed by atoms with Crippen LogP contribution in [0.2, 0.25) is 0 Å². The Morgan fingerprint density at radius 1 is 1.18 bits per heavy atom. The van der Waals surface area contributed by atoms with Crippen LogP contribution < -0.4 is 10.1 Å². The molecule has 1 N–H and O–H groups in total. The smallest absolute Gasteiger partial charge is 0.271 e. The number of nitrogens with zero attached hydrogens (tertiary/aromatic N) is 1. The van der Waals surface area contributed by atoms with Gasteiger partial charge in [-0.05, 0) is 18.2 Å². The van der Waals surface area contributed by atoms with Crippen LogP contribution in [0.25, 0.3) is 0 Å². The van der Waals surface area contributed by atoms with Gasteiger partial charge in [-0.2, -0.15) is 0 Å². The molecule has 0 radical (unpaired) electrons. The number of nitrogens with one attached hydrogen (secondary N) is 1. The molecule has 0 spiro atoms. The summed E-state index contributed by atoms with van der Waals surface area (Å²) in [6.07, 6.45) is 0. The molecule has 6 nitrogen and oxygen atoms in total. The highest BCUT2D eigenvalue weighted by atomic mass is 19.1. The molecule has 0 aliphatic carbocycles. The fourth-order valence-corrected chi connectivity index (χ4v) is 1.61. The van der Waals surface area contributed by atoms with Crippen LogP contribution in [0.4, 0.5) is 20.2 Å². The molecule has 2 aromatic carbocycles. The molecule has 0 unspecified atom stereocenters. The van der Waals surface area contributed by atoms with Gasteiger partial charge in [-0.15, -0.1) is 0 Å². The van der Waals surface area contributed by atoms with Crippen molar-refractivity contribution in [1.82, 2.24) is 0 Å². The molecule has 0 saturated carbocycles. The third kappa shape index (κ3) is 3.75. The molecule has 8 heteroatoms. The predicted octanol–water partition coefficient (Wildman–Crippen LogP) is 2.89. The fraction of sp³-hybridized carbons (Fsp3) is 0.0714. The minimum Gasteiger partial charge on any atom is -0.481 e. The van der Waals surface area contributed by atoms with Gasteiger partial charge < -0.3 is 10.1 Å². The van der Waals surface area contributed by atoms with Gasteiger partial charge in [-0.3, -0.25) is 14.9 Å². The van der Waals surface area contributed by atoms with E-state index in [9.17, 15) is 23.7 Å². The monoisotopic (exact) mass is 308 g/mol. The van der Waals surface area contributed by atoms with Crippen LogP contribution in [0.1, 0.15) is 0 Å². The Morgan fingerprint density at radius 3 is 2.59 bits per heavy atom. The number of anilines is 1. The number of nitro groups is 1. The zero-order chi connectivity index (χ0) is 16.1. The van der Waals surface area contributed by atoms with E-state index in [1.54, 1.807) is 0 Å². The van der Waals surface area contributed by atoms with E-state index in [1.165, 1.54) is 18.2 Å². The molecule has 0 heterocycles. The van der Waals surface area contributed by atoms with Crippen LogP contribution in [0, 0.1) is 21.7 Å². The standard InChI is InChI=1S/C14H10F2N2O4/c15-10-6-5-9(18(20)21)7-12(10)17-14(19)8-22-13-4-2-1-3-11(13)16/h1-7H,8H2,(H,17,19). The molecular formula is C14H10F2N2O4. The molecular weight excluding hydrogens is 298 g/mol. The van der Waals surface area contributed by atoms with E-state index < -0.39 is 29.1 Å². The average Bonchev–Trinajstić information content (AvgIpc) is 2.48. The van der Waals surface area contributed by atoms with E-state index in [0.717, 1.165) is 24.3 Å². The van der Waals surface area contributed by atoms with Crippen molar-refractivity contribution >= 4 is 17.3 Å². The molecule has 0 saturated heterocycles. The van der Waals surface area contributed by atoms with Gasteiger partial charge in [-0.25, -0.2) is 8.78 Å². The number of carbonyl (C=O) groups is 1. The predicted molar refractivity (Wildman–Crippen MR) is 73.6 cm³/mol. The number of hydrogen-bond donors (Lipinski definition) is 1. The lowest BCUT2D eigenvalue weighted by Gasteiger charge is -2.08. The highest BCUT2D eigenvalue weighted by Gasteiger charge is 2.14. The zero-order valence-electron chi connectivity index (χ0n) is 11.1. The first-order valence-electron chi connectivity index (χ1n) is 6.08. The van der Waals surface area contributed by atoms with Crippen molar-refractivity contribution in [2.75, 3.05) is 11.9 Å². The summed E-state index contributed by atoms with van der Waals surface area (Å²) in [5.74, 6) is -2.37. The van der Waals surface area contributed by atoms with Crippen LogP contribution in [-0.4, -0.2) is 17.4 Å². The summed E-state index contributed by atoms with van der Waals surface area (Å²) < 4.78 is 31.7. The second-order valence-electron chi connectivity index (χ2n) is 4.19. The van der Waals surface area contributed by atoms with Gasteiger partial charge >= 0.3 is 0 Å². The van der Waals surface area contributed by atoms with Crippen molar-refractivity contribution < 1.29 is 23.2 Å². The van der Waals surface area contributed by atoms with Crippen molar-refractivity contribution in [3.8, 4) is 5.75 Å². The second kappa shape index (κ2) is 6.61. The first kappa shape index (κ1) is 15.4. The lowest BCUT2D eigenvalue weighted by Crippen LogP contribution is -2.21. The first-order valence-corrected chi connectivity index (χ1v) is 6.08. The molecule has 0 aliphatic heterocycles. The maximum Gasteiger partial charge on any atom is 0.271 e. The van der Waals surface area contributed by atoms with Crippen molar-refractivity contribution in [2.45, 2.75) is 0 Å². The number of nitro benzene ring substituents is 1. The van der Waals surface area contributed by atoms with Crippen LogP contribution >= 0.6 is 0 Å². The van der Waals surface area contributed by atoms with Crippen molar-refractivity contribution in [1.29, 1.82) is 0 Å². The molecule has 0 aliphatic rings. The average molecular weight is 308 g/mol. The fourth-order valence-electron chi connectivity index (χ4n) is 1.61. The molecule has 1 amide bonds. The van der Waals surface area contributed by atoms with E-state index in [4.69, 9.17) is 4.74 Å². The molecule has 114 valence electrons. The Balaban J connectivity index is 2.02. The van der Waals surface area contributed by atoms with Gasteiger partial charge in [0.05, 0.1) is 10.6 Å². The number of rotatable bonds is 5. The molecule has 0 fully saturated rings. The number of ether oxygens (including phenoxy) is 1. The summed E-state index contributed by atoms with van der Waals surface area (Å²) in [7, 11) is 0. The summed E-state index contributed by atoms with van der Waals surface area (Å²) >= 11 is 0. The van der Waals surface area contributed by atoms with E-state index in [-0.39, 0.29) is 17.1 Å². The number of benzene rings is 2. The lowest BCUT2D eigenvalue weighted by atomic mass is 10.2.